The van der Waals surface area contributed by atoms with Crippen molar-refractivity contribution in [1.82, 2.24) is 0 Å². The lowest BCUT2D eigenvalue weighted by molar-refractivity contribution is -0.127. The third-order valence-corrected chi connectivity index (χ3v) is 10.1. The molecule has 0 fully saturated rings. The Morgan fingerprint density at radius 3 is 1.08 bits per heavy atom. The zero-order valence-electron chi connectivity index (χ0n) is 30.9. The van der Waals surface area contributed by atoms with Gasteiger partial charge in [-0.2, -0.15) is 20.5 Å². The molecule has 2 atom stereocenters. The second-order valence-electron chi connectivity index (χ2n) is 12.5. The molecule has 5 aromatic rings. The average molecular weight is 929 g/mol. The molecule has 20 heteroatoms. The zero-order valence-corrected chi connectivity index (χ0v) is 35.4. The molecule has 0 saturated heterocycles. The first-order valence-corrected chi connectivity index (χ1v) is 19.4. The van der Waals surface area contributed by atoms with E-state index in [-0.39, 0.29) is 54.0 Å². The van der Waals surface area contributed by atoms with Crippen molar-refractivity contribution in [1.29, 1.82) is 0 Å². The van der Waals surface area contributed by atoms with Crippen LogP contribution in [0.25, 0.3) is 0 Å². The summed E-state index contributed by atoms with van der Waals surface area (Å²) in [7, 11) is 0. The number of carbonyl (C=O) groups is 6. The van der Waals surface area contributed by atoms with Crippen molar-refractivity contribution in [2.24, 2.45) is 20.5 Å². The van der Waals surface area contributed by atoms with Crippen LogP contribution in [0.4, 0.5) is 34.1 Å². The summed E-state index contributed by atoms with van der Waals surface area (Å²) in [6, 6.07) is 20.0. The van der Waals surface area contributed by atoms with E-state index in [0.717, 1.165) is 13.8 Å². The van der Waals surface area contributed by atoms with Gasteiger partial charge in [-0.05, 0) is 111 Å². The highest BCUT2D eigenvalue weighted by atomic mass is 35.5. The molecule has 0 saturated carbocycles. The van der Waals surface area contributed by atoms with Crippen LogP contribution >= 0.6 is 69.6 Å². The Morgan fingerprint density at radius 2 is 0.750 bits per heavy atom. The van der Waals surface area contributed by atoms with Crippen LogP contribution in [0, 0.1) is 0 Å². The van der Waals surface area contributed by atoms with E-state index in [1.54, 1.807) is 12.1 Å². The predicted octanol–water partition coefficient (Wildman–Crippen LogP) is 11.5. The molecule has 4 N–H and O–H groups in total. The van der Waals surface area contributed by atoms with Gasteiger partial charge in [-0.1, -0.05) is 69.6 Å². The molecule has 0 aliphatic rings. The molecule has 5 rings (SSSR count). The highest BCUT2D eigenvalue weighted by molar-refractivity contribution is 6.42. The van der Waals surface area contributed by atoms with Crippen molar-refractivity contribution in [2.45, 2.75) is 25.9 Å². The number of Topliss-reactive ketones (excluding diaryl/α,β-unsaturated/α-hetero) is 2. The van der Waals surface area contributed by atoms with E-state index in [0.29, 0.717) is 21.4 Å². The van der Waals surface area contributed by atoms with E-state index in [4.69, 9.17) is 69.6 Å². The topological polar surface area (TPSA) is 200 Å². The van der Waals surface area contributed by atoms with Crippen LogP contribution in [0.2, 0.25) is 30.1 Å². The molecule has 0 aromatic heterocycles. The highest BCUT2D eigenvalue weighted by Gasteiger charge is 2.25. The summed E-state index contributed by atoms with van der Waals surface area (Å²) in [6.07, 6.45) is 0. The SMILES string of the molecule is CC(=O)C(N=Nc1cc(C(=O)Nc2ccc(Cl)c(Cl)c2)ccc1Cl)C(=O)Nc1ccc(NC(=O)C(N=Nc2cc(C(=O)Nc3ccc(Cl)c(Cl)c3)ccc2Cl)C(C)=O)cc1. The summed E-state index contributed by atoms with van der Waals surface area (Å²) >= 11 is 36.5. The molecule has 5 aromatic carbocycles. The molecule has 14 nitrogen and oxygen atoms in total. The Kier molecular flexibility index (Phi) is 15.5. The van der Waals surface area contributed by atoms with Gasteiger partial charge >= 0.3 is 0 Å². The largest absolute Gasteiger partial charge is 0.324 e. The summed E-state index contributed by atoms with van der Waals surface area (Å²) in [5, 5.41) is 27.5. The van der Waals surface area contributed by atoms with Crippen LogP contribution in [0.5, 0.6) is 0 Å². The minimum atomic E-state index is -1.60. The van der Waals surface area contributed by atoms with Crippen molar-refractivity contribution < 1.29 is 28.8 Å². The predicted molar refractivity (Wildman–Crippen MR) is 233 cm³/mol. The van der Waals surface area contributed by atoms with E-state index in [2.05, 4.69) is 41.7 Å². The molecule has 0 spiro atoms. The standard InChI is InChI=1S/C40H28Cl6N8O6/c1-19(55)35(53-51-33-15-21(3-11-29(33)43)37(57)49-25-9-13-27(41)31(45)17-25)39(59)47-23-5-7-24(8-6-23)48-40(60)36(20(2)56)54-52-34-16-22(4-12-30(34)44)38(58)50-26-10-14-28(42)32(46)18-26/h3-18,35-36H,1-2H3,(H,47,59)(H,48,60)(H,49,57)(H,50,58). The highest BCUT2D eigenvalue weighted by Crippen LogP contribution is 2.31. The number of hydrogen-bond donors (Lipinski definition) is 4. The number of hydrogen-bond acceptors (Lipinski definition) is 10. The quantitative estimate of drug-likeness (QED) is 0.0630. The number of nitrogens with zero attached hydrogens (tertiary/aromatic N) is 4. The lowest BCUT2D eigenvalue weighted by Crippen LogP contribution is -2.32. The monoisotopic (exact) mass is 926 g/mol. The number of nitrogens with one attached hydrogen (secondary N) is 4. The molecule has 306 valence electrons. The summed E-state index contributed by atoms with van der Waals surface area (Å²) in [6.45, 7) is 2.29. The van der Waals surface area contributed by atoms with Crippen LogP contribution in [0.15, 0.2) is 118 Å². The van der Waals surface area contributed by atoms with Gasteiger partial charge in [-0.25, -0.2) is 0 Å². The summed E-state index contributed by atoms with van der Waals surface area (Å²) in [4.78, 5) is 76.9. The number of halogens is 6. The Morgan fingerprint density at radius 1 is 0.417 bits per heavy atom. The molecule has 4 amide bonds. The van der Waals surface area contributed by atoms with Gasteiger partial charge in [0.1, 0.15) is 11.4 Å². The summed E-state index contributed by atoms with van der Waals surface area (Å²) < 4.78 is 0. The van der Waals surface area contributed by atoms with E-state index in [1.807, 2.05) is 0 Å². The Balaban J connectivity index is 1.21. The third kappa shape index (κ3) is 12.2. The first-order chi connectivity index (χ1) is 28.5. The zero-order chi connectivity index (χ0) is 43.7. The molecular formula is C40H28Cl6N8O6. The summed E-state index contributed by atoms with van der Waals surface area (Å²) in [5.74, 6) is -4.01. The first-order valence-electron chi connectivity index (χ1n) is 17.2. The molecule has 0 radical (unpaired) electrons. The van der Waals surface area contributed by atoms with Gasteiger partial charge in [0.25, 0.3) is 23.6 Å². The minimum Gasteiger partial charge on any atom is -0.324 e. The Hall–Kier alpha value is -5.74. The third-order valence-electron chi connectivity index (χ3n) is 8.02. The number of anilines is 4. The number of amides is 4. The molecule has 0 aliphatic heterocycles. The second kappa shape index (κ2) is 20.5. The number of rotatable bonds is 14. The van der Waals surface area contributed by atoms with E-state index in [1.165, 1.54) is 84.9 Å². The maximum absolute atomic E-state index is 13.1. The minimum absolute atomic E-state index is 0.0151. The van der Waals surface area contributed by atoms with Crippen molar-refractivity contribution in [3.63, 3.8) is 0 Å². The van der Waals surface area contributed by atoms with Crippen LogP contribution in [-0.4, -0.2) is 47.3 Å². The molecule has 60 heavy (non-hydrogen) atoms. The maximum atomic E-state index is 13.1. The van der Waals surface area contributed by atoms with Gasteiger partial charge in [0.05, 0.1) is 30.1 Å². The van der Waals surface area contributed by atoms with Crippen LogP contribution < -0.4 is 21.3 Å². The fraction of sp³-hybridized carbons (Fsp3) is 0.100. The van der Waals surface area contributed by atoms with Crippen LogP contribution in [0.1, 0.15) is 34.6 Å². The number of ketones is 2. The number of azo groups is 2. The number of carbonyl (C=O) groups excluding carboxylic acids is 6. The lowest BCUT2D eigenvalue weighted by Gasteiger charge is -2.12. The smallest absolute Gasteiger partial charge is 0.258 e. The van der Waals surface area contributed by atoms with Crippen molar-refractivity contribution in [2.75, 3.05) is 21.3 Å². The molecule has 0 bridgehead atoms. The van der Waals surface area contributed by atoms with Gasteiger partial charge in [-0.3, -0.25) is 28.8 Å². The van der Waals surface area contributed by atoms with Crippen molar-refractivity contribution in [3.8, 4) is 0 Å². The van der Waals surface area contributed by atoms with Crippen molar-refractivity contribution in [3.05, 3.63) is 138 Å². The number of benzene rings is 5. The van der Waals surface area contributed by atoms with Gasteiger partial charge in [0, 0.05) is 33.9 Å². The van der Waals surface area contributed by atoms with E-state index in [9.17, 15) is 28.8 Å². The lowest BCUT2D eigenvalue weighted by atomic mass is 10.1. The van der Waals surface area contributed by atoms with Crippen molar-refractivity contribution >= 4 is 139 Å². The van der Waals surface area contributed by atoms with Gasteiger partial charge in [0.15, 0.2) is 11.6 Å². The normalized spacial score (nSPS) is 12.1. The fourth-order valence-corrected chi connectivity index (χ4v) is 5.86. The van der Waals surface area contributed by atoms with Gasteiger partial charge in [-0.15, -0.1) is 0 Å². The second-order valence-corrected chi connectivity index (χ2v) is 15.0. The maximum Gasteiger partial charge on any atom is 0.258 e. The van der Waals surface area contributed by atoms with E-state index >= 15 is 0 Å². The summed E-state index contributed by atoms with van der Waals surface area (Å²) in [5.41, 5.74) is 1.53. The van der Waals surface area contributed by atoms with Crippen LogP contribution in [-0.2, 0) is 19.2 Å². The first kappa shape index (κ1) is 45.3. The average Bonchev–Trinajstić information content (AvgIpc) is 3.19. The molecule has 0 heterocycles. The van der Waals surface area contributed by atoms with E-state index < -0.39 is 47.3 Å². The fourth-order valence-electron chi connectivity index (χ4n) is 4.95. The molecule has 2 unspecified atom stereocenters. The van der Waals surface area contributed by atoms with Gasteiger partial charge < -0.3 is 21.3 Å². The van der Waals surface area contributed by atoms with Gasteiger partial charge in [0.2, 0.25) is 12.1 Å². The Bertz CT molecular complexity index is 2410. The molecular weight excluding hydrogens is 901 g/mol. The van der Waals surface area contributed by atoms with Crippen LogP contribution in [0.3, 0.4) is 0 Å². The molecule has 0 aliphatic carbocycles. The Labute approximate surface area is 371 Å².